The van der Waals surface area contributed by atoms with Crippen molar-refractivity contribution in [3.8, 4) is 11.1 Å². The van der Waals surface area contributed by atoms with Crippen LogP contribution in [0.4, 0.5) is 0 Å². The first-order valence-electron chi connectivity index (χ1n) is 19.0. The van der Waals surface area contributed by atoms with E-state index in [1.54, 1.807) is 0 Å². The van der Waals surface area contributed by atoms with Gasteiger partial charge in [-0.15, -0.1) is 22.7 Å². The Balaban J connectivity index is 1.14. The van der Waals surface area contributed by atoms with Gasteiger partial charge in [-0.3, -0.25) is 0 Å². The molecule has 0 aliphatic heterocycles. The third-order valence-electron chi connectivity index (χ3n) is 12.4. The lowest BCUT2D eigenvalue weighted by Crippen LogP contribution is -2.33. The van der Waals surface area contributed by atoms with E-state index < -0.39 is 0 Å². The summed E-state index contributed by atoms with van der Waals surface area (Å²) >= 11 is 3.90. The monoisotopic (exact) mass is 722 g/mol. The number of benzene rings is 8. The summed E-state index contributed by atoms with van der Waals surface area (Å²) in [6, 6.07) is 59.7. The molecule has 0 spiro atoms. The van der Waals surface area contributed by atoms with Gasteiger partial charge in [0.1, 0.15) is 0 Å². The molecular formula is C52H34S2. The first kappa shape index (κ1) is 30.6. The molecule has 54 heavy (non-hydrogen) atoms. The molecule has 0 nitrogen and oxygen atoms in total. The molecular weight excluding hydrogens is 689 g/mol. The summed E-state index contributed by atoms with van der Waals surface area (Å²) in [4.78, 5) is 0. The summed E-state index contributed by atoms with van der Waals surface area (Å²) in [5, 5.41) is 10.8. The zero-order valence-corrected chi connectivity index (χ0v) is 31.1. The Labute approximate surface area is 322 Å². The van der Waals surface area contributed by atoms with Gasteiger partial charge in [0.25, 0.3) is 0 Å². The maximum absolute atomic E-state index is 2.54. The van der Waals surface area contributed by atoms with E-state index in [0.717, 1.165) is 0 Å². The third kappa shape index (κ3) is 4.36. The molecule has 0 radical (unpaired) electrons. The molecule has 12 rings (SSSR count). The number of hydrogen-bond donors (Lipinski definition) is 0. The highest BCUT2D eigenvalue weighted by Crippen LogP contribution is 2.56. The average Bonchev–Trinajstić information content (AvgIpc) is 3.82. The van der Waals surface area contributed by atoms with E-state index in [1.807, 2.05) is 22.7 Å². The number of rotatable bonds is 3. The van der Waals surface area contributed by atoms with E-state index in [2.05, 4.69) is 182 Å². The van der Waals surface area contributed by atoms with E-state index in [0.29, 0.717) is 17.8 Å². The van der Waals surface area contributed by atoms with Gasteiger partial charge in [0.15, 0.2) is 0 Å². The molecule has 2 heteroatoms. The van der Waals surface area contributed by atoms with Crippen LogP contribution in [0.5, 0.6) is 0 Å². The Kier molecular flexibility index (Phi) is 6.72. The molecule has 4 unspecified atom stereocenters. The number of fused-ring (bicyclic) bond motifs is 12. The zero-order valence-electron chi connectivity index (χ0n) is 29.4. The first-order chi connectivity index (χ1) is 26.8. The van der Waals surface area contributed by atoms with E-state index in [-0.39, 0.29) is 5.92 Å². The number of hydrogen-bond acceptors (Lipinski definition) is 2. The number of allylic oxidation sites excluding steroid dienone is 4. The first-order valence-corrected chi connectivity index (χ1v) is 20.6. The van der Waals surface area contributed by atoms with Gasteiger partial charge in [0.2, 0.25) is 0 Å². The van der Waals surface area contributed by atoms with Crippen LogP contribution in [0.2, 0.25) is 0 Å². The topological polar surface area (TPSA) is 0 Å². The summed E-state index contributed by atoms with van der Waals surface area (Å²) in [7, 11) is 0. The Morgan fingerprint density at radius 3 is 1.85 bits per heavy atom. The van der Waals surface area contributed by atoms with Crippen molar-refractivity contribution in [1.29, 1.82) is 0 Å². The fourth-order valence-electron chi connectivity index (χ4n) is 10.2. The van der Waals surface area contributed by atoms with E-state index in [9.17, 15) is 0 Å². The van der Waals surface area contributed by atoms with Gasteiger partial charge in [-0.2, -0.15) is 0 Å². The molecule has 2 aliphatic carbocycles. The molecule has 4 atom stereocenters. The second-order valence-electron chi connectivity index (χ2n) is 15.0. The maximum Gasteiger partial charge on any atom is 0.0540 e. The van der Waals surface area contributed by atoms with Crippen molar-refractivity contribution in [3.05, 3.63) is 204 Å². The zero-order chi connectivity index (χ0) is 35.3. The fraction of sp³-hybridized carbons (Fsp3) is 0.0769. The van der Waals surface area contributed by atoms with Crippen LogP contribution < -0.4 is 0 Å². The lowest BCUT2D eigenvalue weighted by atomic mass is 9.59. The minimum absolute atomic E-state index is 0.239. The summed E-state index contributed by atoms with van der Waals surface area (Å²) in [6.07, 6.45) is 9.52. The van der Waals surface area contributed by atoms with Crippen LogP contribution in [0.3, 0.4) is 0 Å². The molecule has 0 saturated carbocycles. The molecule has 254 valence electrons. The second kappa shape index (κ2) is 11.9. The molecule has 0 saturated heterocycles. The van der Waals surface area contributed by atoms with Crippen LogP contribution >= 0.6 is 22.7 Å². The average molecular weight is 723 g/mol. The van der Waals surface area contributed by atoms with Crippen molar-refractivity contribution in [2.45, 2.75) is 11.8 Å². The van der Waals surface area contributed by atoms with Crippen LogP contribution in [-0.2, 0) is 0 Å². The maximum atomic E-state index is 2.54. The molecule has 0 amide bonds. The normalized spacial score (nSPS) is 19.3. The van der Waals surface area contributed by atoms with Crippen molar-refractivity contribution in [2.75, 3.05) is 0 Å². The van der Waals surface area contributed by atoms with E-state index in [1.165, 1.54) is 95.3 Å². The molecule has 2 aromatic heterocycles. The number of thiophene rings is 2. The minimum atomic E-state index is 0.239. The van der Waals surface area contributed by atoms with Crippen LogP contribution in [0.25, 0.3) is 73.0 Å². The van der Waals surface area contributed by atoms with Gasteiger partial charge in [-0.25, -0.2) is 0 Å². The second-order valence-corrected chi connectivity index (χ2v) is 17.1. The van der Waals surface area contributed by atoms with Crippen molar-refractivity contribution in [1.82, 2.24) is 0 Å². The summed E-state index contributed by atoms with van der Waals surface area (Å²) in [6.45, 7) is 0. The Morgan fingerprint density at radius 1 is 0.370 bits per heavy atom. The van der Waals surface area contributed by atoms with Gasteiger partial charge >= 0.3 is 0 Å². The Morgan fingerprint density at radius 2 is 1.02 bits per heavy atom. The molecule has 0 fully saturated rings. The van der Waals surface area contributed by atoms with Gasteiger partial charge < -0.3 is 0 Å². The fourth-order valence-corrected chi connectivity index (χ4v) is 12.7. The lowest BCUT2D eigenvalue weighted by Gasteiger charge is -2.44. The predicted molar refractivity (Wildman–Crippen MR) is 234 cm³/mol. The summed E-state index contributed by atoms with van der Waals surface area (Å²) in [5.41, 5.74) is 8.37. The van der Waals surface area contributed by atoms with Crippen molar-refractivity contribution >= 4 is 84.6 Å². The standard InChI is InChI=1S/C52H34S2/c1-2-15-32(16-3-1)47-37-20-8-10-22-39(37)48(40-23-11-9-21-38(40)47)41-28-27-36(34-18-6-7-19-35(34)41)43-30-44-49-33-17-5-4-14-31(33)26-29-46(49)54-51(44)52-50(43)42-24-12-13-25-45(42)53-52/h1-30,37,39,47-48H. The molecule has 2 aliphatic rings. The van der Waals surface area contributed by atoms with Crippen LogP contribution in [0.15, 0.2) is 182 Å². The van der Waals surface area contributed by atoms with Crippen LogP contribution in [-0.4, -0.2) is 0 Å². The molecule has 8 aromatic carbocycles. The summed E-state index contributed by atoms with van der Waals surface area (Å²) < 4.78 is 5.50. The minimum Gasteiger partial charge on any atom is -0.134 e. The third-order valence-corrected chi connectivity index (χ3v) is 14.9. The molecule has 2 heterocycles. The van der Waals surface area contributed by atoms with E-state index in [4.69, 9.17) is 0 Å². The van der Waals surface area contributed by atoms with E-state index >= 15 is 0 Å². The van der Waals surface area contributed by atoms with Gasteiger partial charge in [-0.05, 0) is 85.0 Å². The molecule has 10 aromatic rings. The highest BCUT2D eigenvalue weighted by molar-refractivity contribution is 7.33. The van der Waals surface area contributed by atoms with Gasteiger partial charge in [-0.1, -0.05) is 164 Å². The Bertz CT molecular complexity index is 3190. The molecule has 0 N–H and O–H groups in total. The van der Waals surface area contributed by atoms with Gasteiger partial charge in [0.05, 0.1) is 9.40 Å². The predicted octanol–water partition coefficient (Wildman–Crippen LogP) is 15.0. The highest BCUT2D eigenvalue weighted by Gasteiger charge is 2.42. The van der Waals surface area contributed by atoms with Crippen molar-refractivity contribution < 1.29 is 0 Å². The van der Waals surface area contributed by atoms with Crippen molar-refractivity contribution in [2.24, 2.45) is 11.8 Å². The Hall–Kier alpha value is -5.80. The SMILES string of the molecule is C1=CC2C(c3ccccc3)c3ccccc3C(c3ccc(-c4cc5c(sc6ccc7ccccc7c65)c5sc6ccccc6c45)c4ccccc34)C2C=C1. The van der Waals surface area contributed by atoms with Crippen LogP contribution in [0.1, 0.15) is 34.1 Å². The smallest absolute Gasteiger partial charge is 0.0540 e. The largest absolute Gasteiger partial charge is 0.134 e. The highest BCUT2D eigenvalue weighted by atomic mass is 32.1. The van der Waals surface area contributed by atoms with Gasteiger partial charge in [0, 0.05) is 42.8 Å². The lowest BCUT2D eigenvalue weighted by molar-refractivity contribution is 0.362. The van der Waals surface area contributed by atoms with Crippen molar-refractivity contribution in [3.63, 3.8) is 0 Å². The summed E-state index contributed by atoms with van der Waals surface area (Å²) in [5.74, 6) is 1.28. The quantitative estimate of drug-likeness (QED) is 0.170. The molecule has 0 bridgehead atoms. The van der Waals surface area contributed by atoms with Crippen LogP contribution in [0, 0.1) is 11.8 Å².